The third kappa shape index (κ3) is 3.41. The van der Waals surface area contributed by atoms with Crippen LogP contribution in [0.15, 0.2) is 65.5 Å². The monoisotopic (exact) mass is 394 g/mol. The van der Waals surface area contributed by atoms with Crippen molar-refractivity contribution in [3.63, 3.8) is 0 Å². The van der Waals surface area contributed by atoms with Gasteiger partial charge in [0.1, 0.15) is 11.9 Å². The molecule has 0 bridgehead atoms. The van der Waals surface area contributed by atoms with Gasteiger partial charge in [-0.15, -0.1) is 16.4 Å². The zero-order chi connectivity index (χ0) is 19.7. The van der Waals surface area contributed by atoms with E-state index in [1.54, 1.807) is 13.0 Å². The van der Waals surface area contributed by atoms with Crippen molar-refractivity contribution in [2.24, 2.45) is 0 Å². The minimum absolute atomic E-state index is 0.384. The fraction of sp³-hybridized carbons (Fsp3) is 0.100. The number of amides is 1. The second kappa shape index (κ2) is 7.32. The van der Waals surface area contributed by atoms with Crippen molar-refractivity contribution in [1.82, 2.24) is 15.0 Å². The van der Waals surface area contributed by atoms with Gasteiger partial charge >= 0.3 is 0 Å². The molecule has 4 rings (SSSR count). The number of thiophene rings is 1. The zero-order valence-electron chi connectivity index (χ0n) is 14.8. The normalized spacial score (nSPS) is 12.1. The van der Waals surface area contributed by atoms with Crippen molar-refractivity contribution in [2.45, 2.75) is 13.0 Å². The minimum atomic E-state index is -0.880. The number of benzene rings is 2. The smallest absolute Gasteiger partial charge is 0.279 e. The lowest BCUT2D eigenvalue weighted by Gasteiger charge is -2.13. The molecule has 1 amide bonds. The second-order valence-corrected chi connectivity index (χ2v) is 7.24. The van der Waals surface area contributed by atoms with Crippen molar-refractivity contribution in [1.29, 1.82) is 0 Å². The van der Waals surface area contributed by atoms with Gasteiger partial charge in [-0.1, -0.05) is 35.5 Å². The van der Waals surface area contributed by atoms with Crippen molar-refractivity contribution < 1.29 is 9.18 Å². The van der Waals surface area contributed by atoms with Crippen LogP contribution in [0.3, 0.4) is 0 Å². The van der Waals surface area contributed by atoms with Crippen molar-refractivity contribution in [2.75, 3.05) is 5.32 Å². The topological polar surface area (TPSA) is 76.9 Å². The van der Waals surface area contributed by atoms with Gasteiger partial charge in [0.05, 0.1) is 5.39 Å². The van der Waals surface area contributed by atoms with Gasteiger partial charge in [0.25, 0.3) is 5.56 Å². The molecule has 0 aliphatic rings. The molecule has 2 aromatic heterocycles. The lowest BCUT2D eigenvalue weighted by atomic mass is 10.2. The molecule has 0 radical (unpaired) electrons. The van der Waals surface area contributed by atoms with Gasteiger partial charge in [-0.3, -0.25) is 9.59 Å². The van der Waals surface area contributed by atoms with Crippen molar-refractivity contribution in [3.8, 4) is 10.4 Å². The molecule has 28 heavy (non-hydrogen) atoms. The SMILES string of the molecule is CC(C(=O)Nc1ccc(F)cc1)n1nnc2sc(-c3ccccc3)cc2c1=O. The Morgan fingerprint density at radius 1 is 1.14 bits per heavy atom. The van der Waals surface area contributed by atoms with Gasteiger partial charge in [0.2, 0.25) is 5.91 Å². The van der Waals surface area contributed by atoms with Gasteiger partial charge in [-0.05, 0) is 42.8 Å². The van der Waals surface area contributed by atoms with E-state index in [9.17, 15) is 14.0 Å². The molecule has 140 valence electrons. The van der Waals surface area contributed by atoms with E-state index >= 15 is 0 Å². The molecule has 0 spiro atoms. The van der Waals surface area contributed by atoms with E-state index < -0.39 is 17.8 Å². The third-order valence-corrected chi connectivity index (χ3v) is 5.37. The highest BCUT2D eigenvalue weighted by Crippen LogP contribution is 2.30. The summed E-state index contributed by atoms with van der Waals surface area (Å²) in [6.45, 7) is 1.56. The summed E-state index contributed by atoms with van der Waals surface area (Å²) in [5.74, 6) is -0.842. The fourth-order valence-electron chi connectivity index (χ4n) is 2.75. The van der Waals surface area contributed by atoms with Gasteiger partial charge < -0.3 is 5.32 Å². The molecule has 0 aliphatic carbocycles. The summed E-state index contributed by atoms with van der Waals surface area (Å²) in [5.41, 5.74) is 1.03. The Bertz CT molecular complexity index is 1200. The largest absolute Gasteiger partial charge is 0.324 e. The van der Waals surface area contributed by atoms with E-state index in [0.717, 1.165) is 15.1 Å². The number of hydrogen-bond acceptors (Lipinski definition) is 5. The Kier molecular flexibility index (Phi) is 4.70. The number of aromatic nitrogens is 3. The maximum atomic E-state index is 13.0. The molecule has 1 unspecified atom stereocenters. The maximum absolute atomic E-state index is 13.0. The molecule has 1 N–H and O–H groups in total. The first-order chi connectivity index (χ1) is 13.5. The van der Waals surface area contributed by atoms with Crippen LogP contribution in [0, 0.1) is 5.82 Å². The van der Waals surface area contributed by atoms with Crippen molar-refractivity contribution in [3.05, 3.63) is 76.8 Å². The zero-order valence-corrected chi connectivity index (χ0v) is 15.6. The maximum Gasteiger partial charge on any atom is 0.279 e. The van der Waals surface area contributed by atoms with E-state index in [1.807, 2.05) is 30.3 Å². The number of carbonyl (C=O) groups is 1. The number of hydrogen-bond donors (Lipinski definition) is 1. The van der Waals surface area contributed by atoms with Crippen LogP contribution < -0.4 is 10.9 Å². The Hall–Kier alpha value is -3.39. The number of carbonyl (C=O) groups excluding carboxylic acids is 1. The average molecular weight is 394 g/mol. The number of fused-ring (bicyclic) bond motifs is 1. The Balaban J connectivity index is 1.64. The highest BCUT2D eigenvalue weighted by Gasteiger charge is 2.20. The van der Waals surface area contributed by atoms with E-state index in [2.05, 4.69) is 15.6 Å². The molecule has 2 heterocycles. The summed E-state index contributed by atoms with van der Waals surface area (Å²) in [5, 5.41) is 11.1. The molecule has 8 heteroatoms. The number of halogens is 1. The third-order valence-electron chi connectivity index (χ3n) is 4.30. The number of rotatable bonds is 4. The van der Waals surface area contributed by atoms with Crippen LogP contribution in [0.25, 0.3) is 20.7 Å². The van der Waals surface area contributed by atoms with E-state index in [-0.39, 0.29) is 5.56 Å². The van der Waals surface area contributed by atoms with Crippen molar-refractivity contribution >= 4 is 33.1 Å². The first kappa shape index (κ1) is 18.0. The number of nitrogens with zero attached hydrogens (tertiary/aromatic N) is 3. The molecule has 1 atom stereocenters. The second-order valence-electron chi connectivity index (χ2n) is 6.21. The van der Waals surface area contributed by atoms with Crippen LogP contribution in [-0.4, -0.2) is 20.9 Å². The van der Waals surface area contributed by atoms with E-state index in [4.69, 9.17) is 0 Å². The summed E-state index contributed by atoms with van der Waals surface area (Å²) in [6, 6.07) is 15.9. The fourth-order valence-corrected chi connectivity index (χ4v) is 3.72. The number of nitrogens with one attached hydrogen (secondary N) is 1. The van der Waals surface area contributed by atoms with E-state index in [1.165, 1.54) is 35.6 Å². The molecule has 0 saturated carbocycles. The predicted octanol–water partition coefficient (Wildman–Crippen LogP) is 3.86. The van der Waals surface area contributed by atoms with Gasteiger partial charge in [-0.2, -0.15) is 4.68 Å². The van der Waals surface area contributed by atoms with Crippen LogP contribution in [0.2, 0.25) is 0 Å². The standard InChI is InChI=1S/C20H15FN4O2S/c1-12(18(26)22-15-9-7-14(21)8-10-15)25-20(27)16-11-17(28-19(16)23-24-25)13-5-3-2-4-6-13/h2-12H,1H3,(H,22,26). The van der Waals surface area contributed by atoms with Gasteiger partial charge in [-0.25, -0.2) is 4.39 Å². The summed E-state index contributed by atoms with van der Waals surface area (Å²) >= 11 is 1.37. The summed E-state index contributed by atoms with van der Waals surface area (Å²) < 4.78 is 14.1. The molecular weight excluding hydrogens is 379 g/mol. The first-order valence-corrected chi connectivity index (χ1v) is 9.35. The summed E-state index contributed by atoms with van der Waals surface area (Å²) in [4.78, 5) is 26.8. The lowest BCUT2D eigenvalue weighted by Crippen LogP contribution is -2.33. The quantitative estimate of drug-likeness (QED) is 0.570. The molecule has 4 aromatic rings. The molecule has 0 aliphatic heterocycles. The van der Waals surface area contributed by atoms with Gasteiger partial charge in [0.15, 0.2) is 4.83 Å². The Morgan fingerprint density at radius 2 is 1.86 bits per heavy atom. The lowest BCUT2D eigenvalue weighted by molar-refractivity contribution is -0.119. The van der Waals surface area contributed by atoms with Crippen LogP contribution in [0.4, 0.5) is 10.1 Å². The Labute approximate surface area is 163 Å². The molecule has 0 saturated heterocycles. The summed E-state index contributed by atoms with van der Waals surface area (Å²) in [7, 11) is 0. The highest BCUT2D eigenvalue weighted by molar-refractivity contribution is 7.21. The van der Waals surface area contributed by atoms with Crippen LogP contribution in [-0.2, 0) is 4.79 Å². The average Bonchev–Trinajstić information content (AvgIpc) is 3.15. The van der Waals surface area contributed by atoms with Crippen LogP contribution in [0.5, 0.6) is 0 Å². The molecule has 0 fully saturated rings. The van der Waals surface area contributed by atoms with Gasteiger partial charge in [0, 0.05) is 10.6 Å². The van der Waals surface area contributed by atoms with Crippen LogP contribution >= 0.6 is 11.3 Å². The highest BCUT2D eigenvalue weighted by atomic mass is 32.1. The number of anilines is 1. The molecule has 6 nitrogen and oxygen atoms in total. The first-order valence-electron chi connectivity index (χ1n) is 8.54. The summed E-state index contributed by atoms with van der Waals surface area (Å²) in [6.07, 6.45) is 0. The Morgan fingerprint density at radius 3 is 2.57 bits per heavy atom. The predicted molar refractivity (Wildman–Crippen MR) is 107 cm³/mol. The minimum Gasteiger partial charge on any atom is -0.324 e. The molecule has 2 aromatic carbocycles. The van der Waals surface area contributed by atoms with E-state index in [0.29, 0.717) is 15.9 Å². The van der Waals surface area contributed by atoms with Crippen LogP contribution in [0.1, 0.15) is 13.0 Å². The molecular formula is C20H15FN4O2S.